The lowest BCUT2D eigenvalue weighted by molar-refractivity contribution is -0.135. The minimum Gasteiger partial charge on any atom is -0.382 e. The van der Waals surface area contributed by atoms with Gasteiger partial charge in [0.1, 0.15) is 6.04 Å². The van der Waals surface area contributed by atoms with E-state index in [1.807, 2.05) is 13.8 Å². The van der Waals surface area contributed by atoms with E-state index in [1.54, 1.807) is 14.2 Å². The molecule has 0 aromatic heterocycles. The highest BCUT2D eigenvalue weighted by atomic mass is 16.5. The molecule has 16 heavy (non-hydrogen) atoms. The summed E-state index contributed by atoms with van der Waals surface area (Å²) in [4.78, 5) is 24.7. The van der Waals surface area contributed by atoms with Gasteiger partial charge in [-0.25, -0.2) is 0 Å². The van der Waals surface area contributed by atoms with Gasteiger partial charge in [-0.2, -0.15) is 0 Å². The van der Waals surface area contributed by atoms with Crippen molar-refractivity contribution in [1.82, 2.24) is 10.2 Å². The van der Waals surface area contributed by atoms with E-state index in [0.717, 1.165) is 0 Å². The first-order valence-corrected chi connectivity index (χ1v) is 5.44. The van der Waals surface area contributed by atoms with E-state index in [4.69, 9.17) is 4.74 Å². The number of hydrogen-bond acceptors (Lipinski definition) is 3. The Hall–Kier alpha value is -1.10. The fourth-order valence-electron chi connectivity index (χ4n) is 1.92. The number of likely N-dealkylation sites (tertiary alicyclic amines) is 1. The predicted molar refractivity (Wildman–Crippen MR) is 59.9 cm³/mol. The Morgan fingerprint density at radius 1 is 1.62 bits per heavy atom. The molecule has 0 spiro atoms. The summed E-state index contributed by atoms with van der Waals surface area (Å²) in [5, 5.41) is 2.89. The van der Waals surface area contributed by atoms with Crippen LogP contribution in [-0.2, 0) is 14.3 Å². The molecule has 1 rings (SSSR count). The van der Waals surface area contributed by atoms with Crippen molar-refractivity contribution in [2.24, 2.45) is 0 Å². The molecule has 5 nitrogen and oxygen atoms in total. The third-order valence-electron chi connectivity index (χ3n) is 2.76. The van der Waals surface area contributed by atoms with Crippen molar-refractivity contribution in [2.75, 3.05) is 20.8 Å². The summed E-state index contributed by atoms with van der Waals surface area (Å²) in [5.74, 6) is -0.0694. The standard InChI is InChI=1S/C11H20N2O3/c1-11(2,7-16-4)12-10(15)8-5-6-9(14)13(8)3/h8H,5-7H2,1-4H3,(H,12,15)/t8-/m0/s1. The fourth-order valence-corrected chi connectivity index (χ4v) is 1.92. The minimum absolute atomic E-state index is 0.0321. The fraction of sp³-hybridized carbons (Fsp3) is 0.818. The summed E-state index contributed by atoms with van der Waals surface area (Å²) in [6.07, 6.45) is 1.06. The Kier molecular flexibility index (Phi) is 3.91. The van der Waals surface area contributed by atoms with Crippen molar-refractivity contribution >= 4 is 11.8 Å². The van der Waals surface area contributed by atoms with Crippen LogP contribution in [0.2, 0.25) is 0 Å². The SMILES string of the molecule is COCC(C)(C)NC(=O)[C@@H]1CCC(=O)N1C. The molecule has 5 heteroatoms. The molecule has 1 heterocycles. The van der Waals surface area contributed by atoms with E-state index < -0.39 is 5.54 Å². The Bertz CT molecular complexity index is 289. The number of nitrogens with zero attached hydrogens (tertiary/aromatic N) is 1. The number of likely N-dealkylation sites (N-methyl/N-ethyl adjacent to an activating group) is 1. The van der Waals surface area contributed by atoms with Gasteiger partial charge in [-0.3, -0.25) is 9.59 Å². The molecule has 0 unspecified atom stereocenters. The van der Waals surface area contributed by atoms with Crippen LogP contribution in [0.15, 0.2) is 0 Å². The molecule has 0 radical (unpaired) electrons. The monoisotopic (exact) mass is 228 g/mol. The van der Waals surface area contributed by atoms with Crippen LogP contribution in [0.4, 0.5) is 0 Å². The van der Waals surface area contributed by atoms with Crippen molar-refractivity contribution < 1.29 is 14.3 Å². The van der Waals surface area contributed by atoms with E-state index in [2.05, 4.69) is 5.32 Å². The number of methoxy groups -OCH3 is 1. The van der Waals surface area contributed by atoms with Gasteiger partial charge in [0, 0.05) is 20.6 Å². The summed E-state index contributed by atoms with van der Waals surface area (Å²) < 4.78 is 5.02. The first-order chi connectivity index (χ1) is 7.37. The van der Waals surface area contributed by atoms with Crippen molar-refractivity contribution in [3.63, 3.8) is 0 Å². The second-order valence-corrected chi connectivity index (χ2v) is 4.87. The van der Waals surface area contributed by atoms with Gasteiger partial charge in [-0.1, -0.05) is 0 Å². The summed E-state index contributed by atoms with van der Waals surface area (Å²) >= 11 is 0. The third-order valence-corrected chi connectivity index (χ3v) is 2.76. The number of nitrogens with one attached hydrogen (secondary N) is 1. The van der Waals surface area contributed by atoms with Crippen LogP contribution in [0.1, 0.15) is 26.7 Å². The zero-order chi connectivity index (χ0) is 12.3. The minimum atomic E-state index is -0.404. The molecule has 0 bridgehead atoms. The number of ether oxygens (including phenoxy) is 1. The van der Waals surface area contributed by atoms with E-state index in [1.165, 1.54) is 4.90 Å². The van der Waals surface area contributed by atoms with Gasteiger partial charge in [0.05, 0.1) is 12.1 Å². The van der Waals surface area contributed by atoms with Gasteiger partial charge >= 0.3 is 0 Å². The molecule has 1 aliphatic rings. The van der Waals surface area contributed by atoms with Crippen LogP contribution in [-0.4, -0.2) is 49.1 Å². The summed E-state index contributed by atoms with van der Waals surface area (Å²) in [6.45, 7) is 4.24. The molecule has 0 aromatic rings. The quantitative estimate of drug-likeness (QED) is 0.745. The first-order valence-electron chi connectivity index (χ1n) is 5.44. The van der Waals surface area contributed by atoms with E-state index in [9.17, 15) is 9.59 Å². The van der Waals surface area contributed by atoms with Gasteiger partial charge in [0.25, 0.3) is 0 Å². The van der Waals surface area contributed by atoms with Gasteiger partial charge in [-0.05, 0) is 20.3 Å². The van der Waals surface area contributed by atoms with Crippen molar-refractivity contribution in [1.29, 1.82) is 0 Å². The van der Waals surface area contributed by atoms with Crippen molar-refractivity contribution in [3.05, 3.63) is 0 Å². The van der Waals surface area contributed by atoms with Crippen molar-refractivity contribution in [2.45, 2.75) is 38.3 Å². The molecule has 1 aliphatic heterocycles. The number of carbonyl (C=O) groups excluding carboxylic acids is 2. The van der Waals surface area contributed by atoms with Crippen LogP contribution in [0.3, 0.4) is 0 Å². The Morgan fingerprint density at radius 2 is 2.25 bits per heavy atom. The molecule has 1 N–H and O–H groups in total. The normalized spacial score (nSPS) is 21.4. The first kappa shape index (κ1) is 13.0. The molecule has 0 aromatic carbocycles. The van der Waals surface area contributed by atoms with Crippen LogP contribution in [0.25, 0.3) is 0 Å². The average molecular weight is 228 g/mol. The highest BCUT2D eigenvalue weighted by Crippen LogP contribution is 2.17. The van der Waals surface area contributed by atoms with Gasteiger partial charge < -0.3 is 15.0 Å². The van der Waals surface area contributed by atoms with E-state index >= 15 is 0 Å². The van der Waals surface area contributed by atoms with Crippen LogP contribution in [0, 0.1) is 0 Å². The zero-order valence-corrected chi connectivity index (χ0v) is 10.4. The highest BCUT2D eigenvalue weighted by Gasteiger charge is 2.35. The second-order valence-electron chi connectivity index (χ2n) is 4.87. The summed E-state index contributed by atoms with van der Waals surface area (Å²) in [6, 6.07) is -0.330. The molecule has 2 amide bonds. The lowest BCUT2D eigenvalue weighted by Crippen LogP contribution is -2.53. The third kappa shape index (κ3) is 2.95. The van der Waals surface area contributed by atoms with Gasteiger partial charge in [0.2, 0.25) is 11.8 Å². The largest absolute Gasteiger partial charge is 0.382 e. The van der Waals surface area contributed by atoms with Crippen LogP contribution >= 0.6 is 0 Å². The smallest absolute Gasteiger partial charge is 0.243 e. The molecular formula is C11H20N2O3. The number of rotatable bonds is 4. The summed E-state index contributed by atoms with van der Waals surface area (Å²) in [5.41, 5.74) is -0.404. The van der Waals surface area contributed by atoms with E-state index in [-0.39, 0.29) is 17.9 Å². The molecule has 0 aliphatic carbocycles. The molecule has 1 saturated heterocycles. The average Bonchev–Trinajstić information content (AvgIpc) is 2.46. The zero-order valence-electron chi connectivity index (χ0n) is 10.4. The Balaban J connectivity index is 2.56. The van der Waals surface area contributed by atoms with E-state index in [0.29, 0.717) is 19.4 Å². The number of amides is 2. The molecule has 1 atom stereocenters. The molecule has 92 valence electrons. The maximum atomic E-state index is 11.9. The lowest BCUT2D eigenvalue weighted by Gasteiger charge is -2.28. The molecule has 1 fully saturated rings. The van der Waals surface area contributed by atoms with Crippen molar-refractivity contribution in [3.8, 4) is 0 Å². The topological polar surface area (TPSA) is 58.6 Å². The maximum absolute atomic E-state index is 11.9. The number of hydrogen-bond donors (Lipinski definition) is 1. The summed E-state index contributed by atoms with van der Waals surface area (Å²) in [7, 11) is 3.27. The maximum Gasteiger partial charge on any atom is 0.243 e. The van der Waals surface area contributed by atoms with Gasteiger partial charge in [-0.15, -0.1) is 0 Å². The molecule has 0 saturated carbocycles. The number of carbonyl (C=O) groups is 2. The molecular weight excluding hydrogens is 208 g/mol. The van der Waals surface area contributed by atoms with Gasteiger partial charge in [0.15, 0.2) is 0 Å². The second kappa shape index (κ2) is 4.82. The predicted octanol–water partition coefficient (Wildman–Crippen LogP) is 0.148. The lowest BCUT2D eigenvalue weighted by atomic mass is 10.1. The van der Waals surface area contributed by atoms with Crippen LogP contribution < -0.4 is 5.32 Å². The Morgan fingerprint density at radius 3 is 2.69 bits per heavy atom. The highest BCUT2D eigenvalue weighted by molar-refractivity contribution is 5.91. The Labute approximate surface area is 96.1 Å². The van der Waals surface area contributed by atoms with Crippen LogP contribution in [0.5, 0.6) is 0 Å².